The fraction of sp³-hybridized carbons (Fsp3) is 0.529. The van der Waals surface area contributed by atoms with Crippen LogP contribution < -0.4 is 10.6 Å². The number of ether oxygens (including phenoxy) is 1. The lowest BCUT2D eigenvalue weighted by Crippen LogP contribution is -2.40. The Morgan fingerprint density at radius 3 is 2.36 bits per heavy atom. The van der Waals surface area contributed by atoms with E-state index in [2.05, 4.69) is 54.8 Å². The lowest BCUT2D eigenvalue weighted by Gasteiger charge is -2.29. The number of benzene rings is 1. The van der Waals surface area contributed by atoms with Gasteiger partial charge in [0.2, 0.25) is 0 Å². The van der Waals surface area contributed by atoms with Crippen molar-refractivity contribution in [3.05, 3.63) is 71.3 Å². The van der Waals surface area contributed by atoms with Gasteiger partial charge in [0, 0.05) is 23.5 Å². The summed E-state index contributed by atoms with van der Waals surface area (Å²) in [5.41, 5.74) is 3.63. The minimum atomic E-state index is -4.36. The van der Waals surface area contributed by atoms with Crippen LogP contribution in [0.2, 0.25) is 0 Å². The second kappa shape index (κ2) is 19.1. The first-order chi connectivity index (χ1) is 20.1. The van der Waals surface area contributed by atoms with Crippen LogP contribution in [0.4, 0.5) is 13.2 Å². The van der Waals surface area contributed by atoms with Crippen LogP contribution in [-0.4, -0.2) is 55.5 Å². The van der Waals surface area contributed by atoms with Crippen molar-refractivity contribution in [2.75, 3.05) is 33.8 Å². The number of halogens is 3. The molecule has 0 atom stereocenters. The van der Waals surface area contributed by atoms with E-state index in [1.165, 1.54) is 11.0 Å². The first-order valence-electron chi connectivity index (χ1n) is 14.9. The van der Waals surface area contributed by atoms with Gasteiger partial charge in [-0.05, 0) is 94.2 Å². The van der Waals surface area contributed by atoms with Crippen molar-refractivity contribution >= 4 is 10.9 Å². The molecule has 1 aliphatic heterocycles. The van der Waals surface area contributed by atoms with E-state index < -0.39 is 12.7 Å². The summed E-state index contributed by atoms with van der Waals surface area (Å²) >= 11 is 0. The minimum absolute atomic E-state index is 0.235. The molecule has 2 N–H and O–H groups in total. The molecule has 234 valence electrons. The Kier molecular flexibility index (Phi) is 16.8. The van der Waals surface area contributed by atoms with E-state index in [1.807, 2.05) is 39.8 Å². The molecular formula is C34H51F3N4O. The largest absolute Gasteiger partial charge is 0.495 e. The van der Waals surface area contributed by atoms with Crippen molar-refractivity contribution in [2.24, 2.45) is 0 Å². The van der Waals surface area contributed by atoms with Crippen LogP contribution in [-0.2, 0) is 17.8 Å². The summed E-state index contributed by atoms with van der Waals surface area (Å²) in [6, 6.07) is 6.04. The first-order valence-corrected chi connectivity index (χ1v) is 14.9. The number of methoxy groups -OCH3 is 1. The highest BCUT2D eigenvalue weighted by Crippen LogP contribution is 2.28. The molecule has 2 aromatic rings. The van der Waals surface area contributed by atoms with Gasteiger partial charge in [-0.3, -0.25) is 0 Å². The fourth-order valence-corrected chi connectivity index (χ4v) is 4.58. The van der Waals surface area contributed by atoms with Gasteiger partial charge in [-0.2, -0.15) is 13.2 Å². The lowest BCUT2D eigenvalue weighted by atomic mass is 10.0. The monoisotopic (exact) mass is 588 g/mol. The van der Waals surface area contributed by atoms with Crippen LogP contribution in [0, 0.1) is 18.8 Å². The molecule has 1 saturated heterocycles. The van der Waals surface area contributed by atoms with Crippen LogP contribution in [0.25, 0.3) is 10.9 Å². The van der Waals surface area contributed by atoms with Crippen LogP contribution in [0.15, 0.2) is 54.5 Å². The topological polar surface area (TPSA) is 41.5 Å². The number of nitrogens with zero attached hydrogens (tertiary/aromatic N) is 2. The number of rotatable bonds is 9. The Balaban J connectivity index is 0.00000165. The summed E-state index contributed by atoms with van der Waals surface area (Å²) in [4.78, 5) is 2.32. The highest BCUT2D eigenvalue weighted by Gasteiger charge is 2.30. The molecule has 0 saturated carbocycles. The van der Waals surface area contributed by atoms with E-state index >= 15 is 0 Å². The average molecular weight is 589 g/mol. The van der Waals surface area contributed by atoms with E-state index in [9.17, 15) is 13.2 Å². The minimum Gasteiger partial charge on any atom is -0.495 e. The molecule has 5 nitrogen and oxygen atoms in total. The van der Waals surface area contributed by atoms with E-state index in [1.54, 1.807) is 31.4 Å². The molecule has 0 radical (unpaired) electrons. The number of allylic oxidation sites excluding steroid dienone is 3. The summed E-state index contributed by atoms with van der Waals surface area (Å²) in [6.07, 6.45) is 4.26. The van der Waals surface area contributed by atoms with Crippen LogP contribution in [0.5, 0.6) is 0 Å². The summed E-state index contributed by atoms with van der Waals surface area (Å²) in [6.45, 7) is 17.7. The first kappa shape index (κ1) is 36.9. The molecule has 1 fully saturated rings. The molecule has 1 aliphatic rings. The van der Waals surface area contributed by atoms with E-state index in [0.29, 0.717) is 35.3 Å². The Hall–Kier alpha value is -3.15. The summed E-state index contributed by atoms with van der Waals surface area (Å²) < 4.78 is 47.0. The molecule has 1 aromatic carbocycles. The zero-order chi connectivity index (χ0) is 31.7. The van der Waals surface area contributed by atoms with Gasteiger partial charge in [-0.1, -0.05) is 52.7 Å². The van der Waals surface area contributed by atoms with Crippen molar-refractivity contribution in [1.29, 1.82) is 0 Å². The van der Waals surface area contributed by atoms with Crippen molar-refractivity contribution in [2.45, 2.75) is 86.1 Å². The maximum absolute atomic E-state index is 13.5. The molecule has 0 unspecified atom stereocenters. The van der Waals surface area contributed by atoms with Crippen molar-refractivity contribution in [3.63, 3.8) is 0 Å². The quantitative estimate of drug-likeness (QED) is 0.179. The summed E-state index contributed by atoms with van der Waals surface area (Å²) in [5.74, 6) is 6.53. The van der Waals surface area contributed by atoms with Gasteiger partial charge < -0.3 is 24.8 Å². The van der Waals surface area contributed by atoms with Crippen LogP contribution in [0.1, 0.15) is 70.7 Å². The highest BCUT2D eigenvalue weighted by atomic mass is 19.4. The number of hydrogen-bond acceptors (Lipinski definition) is 4. The van der Waals surface area contributed by atoms with Crippen molar-refractivity contribution < 1.29 is 17.9 Å². The number of alkyl halides is 3. The third kappa shape index (κ3) is 12.0. The predicted octanol–water partition coefficient (Wildman–Crippen LogP) is 7.70. The molecule has 42 heavy (non-hydrogen) atoms. The number of likely N-dealkylation sites (tertiary alicyclic amines) is 1. The lowest BCUT2D eigenvalue weighted by molar-refractivity contribution is -0.140. The Labute approximate surface area is 251 Å². The SMILES string of the molecule is C=C/C=C(NCC#Cc1cc2cc(CNC3CCN(C)CC3)c(C)cc2n1CC(F)(F)F)\C(=C/C)OC.CC.CCC. The second-order valence-corrected chi connectivity index (χ2v) is 10.1. The molecule has 0 amide bonds. The van der Waals surface area contributed by atoms with Crippen molar-refractivity contribution in [3.8, 4) is 11.8 Å². The van der Waals surface area contributed by atoms with Crippen molar-refractivity contribution in [1.82, 2.24) is 20.1 Å². The number of aryl methyl sites for hydroxylation is 1. The Morgan fingerprint density at radius 1 is 1.17 bits per heavy atom. The fourth-order valence-electron chi connectivity index (χ4n) is 4.58. The Morgan fingerprint density at radius 2 is 1.81 bits per heavy atom. The van der Waals surface area contributed by atoms with E-state index in [-0.39, 0.29) is 6.54 Å². The molecular weight excluding hydrogens is 537 g/mol. The number of hydrogen-bond donors (Lipinski definition) is 2. The number of fused-ring (bicyclic) bond motifs is 1. The standard InChI is InChI=1S/C29H37F3N4O.C3H8.C2H6/c1-6-9-26(28(7-2)37-5)33-13-8-10-25-18-22-17-23(19-34-24-11-14-35(4)15-12-24)21(3)16-27(22)36(25)20-29(30,31)32;1-3-2;1-2/h6-7,9,16-18,24,33-34H,1,11-15,19-20H2,2-5H3;3H2,1-2H3;1-2H3/b26-9+,28-7+;;. The van der Waals surface area contributed by atoms with Gasteiger partial charge in [0.15, 0.2) is 0 Å². The molecule has 8 heteroatoms. The highest BCUT2D eigenvalue weighted by molar-refractivity contribution is 5.84. The second-order valence-electron chi connectivity index (χ2n) is 10.1. The molecule has 2 heterocycles. The van der Waals surface area contributed by atoms with Gasteiger partial charge in [-0.15, -0.1) is 0 Å². The number of piperidine rings is 1. The maximum Gasteiger partial charge on any atom is 0.406 e. The van der Waals surface area contributed by atoms with Gasteiger partial charge in [-0.25, -0.2) is 0 Å². The molecule has 0 spiro atoms. The zero-order valence-corrected chi connectivity index (χ0v) is 26.8. The van der Waals surface area contributed by atoms with E-state index in [0.717, 1.165) is 42.4 Å². The molecule has 3 rings (SSSR count). The third-order valence-electron chi connectivity index (χ3n) is 6.61. The molecule has 1 aromatic heterocycles. The van der Waals surface area contributed by atoms with Crippen LogP contribution in [0.3, 0.4) is 0 Å². The van der Waals surface area contributed by atoms with Gasteiger partial charge in [0.25, 0.3) is 0 Å². The smallest absolute Gasteiger partial charge is 0.406 e. The number of aromatic nitrogens is 1. The Bertz CT molecular complexity index is 1220. The van der Waals surface area contributed by atoms with Gasteiger partial charge >= 0.3 is 6.18 Å². The zero-order valence-electron chi connectivity index (χ0n) is 26.8. The molecule has 0 aliphatic carbocycles. The van der Waals surface area contributed by atoms with E-state index in [4.69, 9.17) is 4.74 Å². The molecule has 0 bridgehead atoms. The predicted molar refractivity (Wildman–Crippen MR) is 171 cm³/mol. The average Bonchev–Trinajstić information content (AvgIpc) is 3.27. The van der Waals surface area contributed by atoms with Gasteiger partial charge in [0.1, 0.15) is 12.3 Å². The number of nitrogens with one attached hydrogen (secondary N) is 2. The summed E-state index contributed by atoms with van der Waals surface area (Å²) in [7, 11) is 3.70. The normalized spacial score (nSPS) is 14.6. The van der Waals surface area contributed by atoms with Crippen LogP contribution >= 0.6 is 0 Å². The maximum atomic E-state index is 13.5. The van der Waals surface area contributed by atoms with Gasteiger partial charge in [0.05, 0.1) is 25.0 Å². The third-order valence-corrected chi connectivity index (χ3v) is 6.61. The summed E-state index contributed by atoms with van der Waals surface area (Å²) in [5, 5.41) is 7.53.